The average Bonchev–Trinajstić information content (AvgIpc) is 2.95. The van der Waals surface area contributed by atoms with Crippen LogP contribution in [0.15, 0.2) is 16.7 Å². The van der Waals surface area contributed by atoms with Gasteiger partial charge in [-0.1, -0.05) is 12.8 Å². The minimum Gasteiger partial charge on any atom is -0.260 e. The molecule has 15 heavy (non-hydrogen) atoms. The SMILES string of the molecule is Brc1cc(C2CC2)cnc1C1CCCC1. The van der Waals surface area contributed by atoms with Gasteiger partial charge < -0.3 is 0 Å². The minimum absolute atomic E-state index is 0.715. The molecule has 0 spiro atoms. The lowest BCUT2D eigenvalue weighted by molar-refractivity contribution is 0.691. The zero-order chi connectivity index (χ0) is 10.3. The van der Waals surface area contributed by atoms with Gasteiger partial charge in [-0.2, -0.15) is 0 Å². The van der Waals surface area contributed by atoms with Crippen LogP contribution in [0.1, 0.15) is 61.6 Å². The van der Waals surface area contributed by atoms with Crippen molar-refractivity contribution >= 4 is 15.9 Å². The van der Waals surface area contributed by atoms with Crippen LogP contribution in [0.4, 0.5) is 0 Å². The normalized spacial score (nSPS) is 22.2. The highest BCUT2D eigenvalue weighted by Gasteiger charge is 2.26. The maximum absolute atomic E-state index is 4.67. The van der Waals surface area contributed by atoms with E-state index in [0.29, 0.717) is 5.92 Å². The zero-order valence-corrected chi connectivity index (χ0v) is 10.5. The summed E-state index contributed by atoms with van der Waals surface area (Å²) in [5, 5.41) is 0. The largest absolute Gasteiger partial charge is 0.260 e. The first-order valence-electron chi connectivity index (χ1n) is 6.00. The number of pyridine rings is 1. The van der Waals surface area contributed by atoms with Gasteiger partial charge in [-0.25, -0.2) is 0 Å². The van der Waals surface area contributed by atoms with Crippen LogP contribution in [0.2, 0.25) is 0 Å². The Morgan fingerprint density at radius 1 is 1.07 bits per heavy atom. The smallest absolute Gasteiger partial charge is 0.0576 e. The monoisotopic (exact) mass is 265 g/mol. The fourth-order valence-electron chi connectivity index (χ4n) is 2.60. The lowest BCUT2D eigenvalue weighted by atomic mass is 10.0. The molecule has 1 heterocycles. The van der Waals surface area contributed by atoms with E-state index in [4.69, 9.17) is 0 Å². The number of hydrogen-bond acceptors (Lipinski definition) is 1. The van der Waals surface area contributed by atoms with Crippen molar-refractivity contribution in [2.45, 2.75) is 50.4 Å². The third-order valence-electron chi connectivity index (χ3n) is 3.68. The van der Waals surface area contributed by atoms with Crippen LogP contribution in [0.5, 0.6) is 0 Å². The molecule has 0 amide bonds. The van der Waals surface area contributed by atoms with Crippen LogP contribution < -0.4 is 0 Å². The fraction of sp³-hybridized carbons (Fsp3) is 0.615. The first kappa shape index (κ1) is 9.83. The van der Waals surface area contributed by atoms with E-state index in [-0.39, 0.29) is 0 Å². The molecule has 1 aromatic heterocycles. The van der Waals surface area contributed by atoms with Gasteiger partial charge in [-0.05, 0) is 59.2 Å². The number of rotatable bonds is 2. The van der Waals surface area contributed by atoms with E-state index >= 15 is 0 Å². The van der Waals surface area contributed by atoms with Crippen molar-refractivity contribution in [3.05, 3.63) is 28.0 Å². The second-order valence-electron chi connectivity index (χ2n) is 4.89. The molecule has 0 aliphatic heterocycles. The van der Waals surface area contributed by atoms with Crippen molar-refractivity contribution in [3.8, 4) is 0 Å². The van der Waals surface area contributed by atoms with Gasteiger partial charge in [0, 0.05) is 16.6 Å². The van der Waals surface area contributed by atoms with Gasteiger partial charge in [0.15, 0.2) is 0 Å². The highest BCUT2D eigenvalue weighted by molar-refractivity contribution is 9.10. The highest BCUT2D eigenvalue weighted by Crippen LogP contribution is 2.42. The summed E-state index contributed by atoms with van der Waals surface area (Å²) in [5.74, 6) is 1.53. The average molecular weight is 266 g/mol. The number of nitrogens with zero attached hydrogens (tertiary/aromatic N) is 1. The summed E-state index contributed by atoms with van der Waals surface area (Å²) in [6, 6.07) is 2.30. The van der Waals surface area contributed by atoms with Crippen molar-refractivity contribution in [2.24, 2.45) is 0 Å². The van der Waals surface area contributed by atoms with E-state index < -0.39 is 0 Å². The topological polar surface area (TPSA) is 12.9 Å². The predicted octanol–water partition coefficient (Wildman–Crippen LogP) is 4.38. The Morgan fingerprint density at radius 2 is 1.80 bits per heavy atom. The Balaban J connectivity index is 1.87. The molecular weight excluding hydrogens is 250 g/mol. The van der Waals surface area contributed by atoms with Crippen LogP contribution in [0.25, 0.3) is 0 Å². The van der Waals surface area contributed by atoms with E-state index in [9.17, 15) is 0 Å². The van der Waals surface area contributed by atoms with Gasteiger partial charge in [-0.15, -0.1) is 0 Å². The van der Waals surface area contributed by atoms with Crippen molar-refractivity contribution in [1.29, 1.82) is 0 Å². The van der Waals surface area contributed by atoms with E-state index in [0.717, 1.165) is 5.92 Å². The summed E-state index contributed by atoms with van der Waals surface area (Å²) in [6.45, 7) is 0. The Bertz CT molecular complexity index is 365. The fourth-order valence-corrected chi connectivity index (χ4v) is 3.29. The number of hydrogen-bond donors (Lipinski definition) is 0. The number of halogens is 1. The molecule has 0 bridgehead atoms. The minimum atomic E-state index is 0.715. The van der Waals surface area contributed by atoms with Crippen molar-refractivity contribution in [3.63, 3.8) is 0 Å². The highest BCUT2D eigenvalue weighted by atomic mass is 79.9. The van der Waals surface area contributed by atoms with E-state index in [1.807, 2.05) is 0 Å². The van der Waals surface area contributed by atoms with Crippen LogP contribution >= 0.6 is 15.9 Å². The third kappa shape index (κ3) is 1.96. The molecule has 1 nitrogen and oxygen atoms in total. The summed E-state index contributed by atoms with van der Waals surface area (Å²) >= 11 is 3.69. The zero-order valence-electron chi connectivity index (χ0n) is 8.88. The van der Waals surface area contributed by atoms with Gasteiger partial charge in [-0.3, -0.25) is 4.98 Å². The van der Waals surface area contributed by atoms with Crippen LogP contribution in [0, 0.1) is 0 Å². The molecule has 0 aromatic carbocycles. The maximum Gasteiger partial charge on any atom is 0.0576 e. The van der Waals surface area contributed by atoms with Gasteiger partial charge >= 0.3 is 0 Å². The second-order valence-corrected chi connectivity index (χ2v) is 5.75. The quantitative estimate of drug-likeness (QED) is 0.774. The van der Waals surface area contributed by atoms with Crippen LogP contribution in [-0.2, 0) is 0 Å². The first-order valence-corrected chi connectivity index (χ1v) is 6.79. The molecule has 2 fully saturated rings. The Hall–Kier alpha value is -0.370. The molecule has 2 saturated carbocycles. The molecule has 0 radical (unpaired) electrons. The summed E-state index contributed by atoms with van der Waals surface area (Å²) < 4.78 is 1.25. The van der Waals surface area contributed by atoms with E-state index in [1.165, 1.54) is 54.3 Å². The molecule has 0 saturated heterocycles. The Kier molecular flexibility index (Phi) is 2.55. The van der Waals surface area contributed by atoms with Gasteiger partial charge in [0.2, 0.25) is 0 Å². The summed E-state index contributed by atoms with van der Waals surface area (Å²) in [7, 11) is 0. The summed E-state index contributed by atoms with van der Waals surface area (Å²) in [5.41, 5.74) is 2.74. The van der Waals surface area contributed by atoms with E-state index in [1.54, 1.807) is 0 Å². The van der Waals surface area contributed by atoms with Crippen molar-refractivity contribution < 1.29 is 0 Å². The molecule has 2 aliphatic carbocycles. The van der Waals surface area contributed by atoms with Crippen molar-refractivity contribution in [2.75, 3.05) is 0 Å². The molecular formula is C13H16BrN. The van der Waals surface area contributed by atoms with Gasteiger partial charge in [0.25, 0.3) is 0 Å². The maximum atomic E-state index is 4.67. The van der Waals surface area contributed by atoms with E-state index in [2.05, 4.69) is 33.2 Å². The summed E-state index contributed by atoms with van der Waals surface area (Å²) in [4.78, 5) is 4.67. The molecule has 2 heteroatoms. The second kappa shape index (κ2) is 3.89. The third-order valence-corrected chi connectivity index (χ3v) is 4.32. The first-order chi connectivity index (χ1) is 7.34. The molecule has 1 aromatic rings. The summed E-state index contributed by atoms with van der Waals surface area (Å²) in [6.07, 6.45) is 10.2. The van der Waals surface area contributed by atoms with Gasteiger partial charge in [0.1, 0.15) is 0 Å². The molecule has 0 N–H and O–H groups in total. The lowest BCUT2D eigenvalue weighted by Crippen LogP contribution is -1.98. The number of aromatic nitrogens is 1. The molecule has 0 atom stereocenters. The molecule has 80 valence electrons. The van der Waals surface area contributed by atoms with Crippen molar-refractivity contribution in [1.82, 2.24) is 4.98 Å². The predicted molar refractivity (Wildman–Crippen MR) is 65.1 cm³/mol. The lowest BCUT2D eigenvalue weighted by Gasteiger charge is -2.11. The van der Waals surface area contributed by atoms with Crippen LogP contribution in [-0.4, -0.2) is 4.98 Å². The standard InChI is InChI=1S/C13H16BrN/c14-12-7-11(9-5-6-9)8-15-13(12)10-3-1-2-4-10/h7-10H,1-6H2. The van der Waals surface area contributed by atoms with Crippen LogP contribution in [0.3, 0.4) is 0 Å². The Labute approximate surface area is 99.4 Å². The molecule has 0 unspecified atom stereocenters. The van der Waals surface area contributed by atoms with Gasteiger partial charge in [0.05, 0.1) is 5.69 Å². The molecule has 2 aliphatic rings. The Morgan fingerprint density at radius 3 is 2.40 bits per heavy atom. The molecule has 3 rings (SSSR count).